The monoisotopic (exact) mass is 466 g/mol. The van der Waals surface area contributed by atoms with E-state index in [4.69, 9.17) is 9.84 Å². The zero-order valence-corrected chi connectivity index (χ0v) is 22.2. The van der Waals surface area contributed by atoms with E-state index in [2.05, 4.69) is 119 Å². The summed E-state index contributed by atoms with van der Waals surface area (Å²) in [6.45, 7) is 13.5. The van der Waals surface area contributed by atoms with E-state index >= 15 is 0 Å². The molecule has 0 aromatic heterocycles. The van der Waals surface area contributed by atoms with Gasteiger partial charge in [0, 0.05) is 6.42 Å². The average Bonchev–Trinajstić information content (AvgIpc) is 3.26. The first-order valence-corrected chi connectivity index (χ1v) is 12.4. The molecule has 0 bridgehead atoms. The lowest BCUT2D eigenvalue weighted by atomic mass is 9.86. The van der Waals surface area contributed by atoms with E-state index in [1.807, 2.05) is 12.1 Å². The van der Waals surface area contributed by atoms with Crippen molar-refractivity contribution in [2.24, 2.45) is 5.10 Å². The first kappa shape index (κ1) is 24.8. The quantitative estimate of drug-likeness (QED) is 0.378. The van der Waals surface area contributed by atoms with Crippen molar-refractivity contribution in [2.75, 3.05) is 12.1 Å². The van der Waals surface area contributed by atoms with Crippen LogP contribution in [0.25, 0.3) is 6.08 Å². The Kier molecular flexibility index (Phi) is 6.89. The molecule has 1 aliphatic rings. The summed E-state index contributed by atoms with van der Waals surface area (Å²) in [5, 5.41) is 7.18. The van der Waals surface area contributed by atoms with Crippen molar-refractivity contribution >= 4 is 17.5 Å². The van der Waals surface area contributed by atoms with Crippen LogP contribution < -0.4 is 9.75 Å². The van der Waals surface area contributed by atoms with Gasteiger partial charge in [0.25, 0.3) is 0 Å². The van der Waals surface area contributed by atoms with Crippen LogP contribution >= 0.6 is 0 Å². The van der Waals surface area contributed by atoms with Crippen molar-refractivity contribution in [3.8, 4) is 5.75 Å². The molecule has 1 heterocycles. The Morgan fingerprint density at radius 2 is 1.29 bits per heavy atom. The third-order valence-corrected chi connectivity index (χ3v) is 6.68. The number of hydrogen-bond acceptors (Lipinski definition) is 3. The van der Waals surface area contributed by atoms with Crippen LogP contribution in [0.5, 0.6) is 5.75 Å². The molecular formula is C32H38N2O. The lowest BCUT2D eigenvalue weighted by Crippen LogP contribution is -2.19. The van der Waals surface area contributed by atoms with Crippen LogP contribution in [0.3, 0.4) is 0 Å². The van der Waals surface area contributed by atoms with Crippen molar-refractivity contribution in [1.82, 2.24) is 0 Å². The SMILES string of the molecule is COc1ccc(N2N=C(C=Cc3ccc(C(C)(C)C)cc3)CC2c2ccc(C(C)(C)C)cc2)cc1. The maximum Gasteiger partial charge on any atom is 0.119 e. The van der Waals surface area contributed by atoms with Gasteiger partial charge in [0.05, 0.1) is 24.6 Å². The molecule has 0 spiro atoms. The Bertz CT molecular complexity index is 1190. The first-order valence-electron chi connectivity index (χ1n) is 12.4. The van der Waals surface area contributed by atoms with Gasteiger partial charge in [0.15, 0.2) is 0 Å². The first-order chi connectivity index (χ1) is 16.5. The number of anilines is 1. The lowest BCUT2D eigenvalue weighted by Gasteiger charge is -2.25. The Labute approximate surface area is 211 Å². The molecule has 0 N–H and O–H groups in total. The molecule has 0 aliphatic carbocycles. The highest BCUT2D eigenvalue weighted by molar-refractivity contribution is 6.01. The molecule has 0 fully saturated rings. The molecule has 4 rings (SSSR count). The van der Waals surface area contributed by atoms with E-state index in [1.165, 1.54) is 22.3 Å². The summed E-state index contributed by atoms with van der Waals surface area (Å²) in [6, 6.07) is 26.2. The summed E-state index contributed by atoms with van der Waals surface area (Å²) in [5.41, 5.74) is 7.58. The molecule has 1 unspecified atom stereocenters. The topological polar surface area (TPSA) is 24.8 Å². The summed E-state index contributed by atoms with van der Waals surface area (Å²) >= 11 is 0. The van der Waals surface area contributed by atoms with E-state index in [-0.39, 0.29) is 16.9 Å². The molecule has 3 aromatic rings. The van der Waals surface area contributed by atoms with Crippen molar-refractivity contribution in [3.63, 3.8) is 0 Å². The Morgan fingerprint density at radius 1 is 0.743 bits per heavy atom. The van der Waals surface area contributed by atoms with Gasteiger partial charge in [-0.1, -0.05) is 96.1 Å². The summed E-state index contributed by atoms with van der Waals surface area (Å²) in [6.07, 6.45) is 5.19. The minimum Gasteiger partial charge on any atom is -0.497 e. The van der Waals surface area contributed by atoms with Crippen LogP contribution in [-0.4, -0.2) is 12.8 Å². The number of hydrazone groups is 1. The number of rotatable bonds is 5. The molecule has 0 saturated carbocycles. The van der Waals surface area contributed by atoms with Crippen LogP contribution in [0, 0.1) is 0 Å². The van der Waals surface area contributed by atoms with Gasteiger partial charge in [-0.3, -0.25) is 5.01 Å². The van der Waals surface area contributed by atoms with E-state index in [1.54, 1.807) is 7.11 Å². The summed E-state index contributed by atoms with van der Waals surface area (Å²) in [7, 11) is 1.69. The second-order valence-electron chi connectivity index (χ2n) is 11.4. The normalized spacial score (nSPS) is 16.6. The van der Waals surface area contributed by atoms with Crippen molar-refractivity contribution in [2.45, 2.75) is 64.8 Å². The largest absolute Gasteiger partial charge is 0.497 e. The van der Waals surface area contributed by atoms with E-state index in [0.29, 0.717) is 0 Å². The third kappa shape index (κ3) is 5.85. The van der Waals surface area contributed by atoms with Gasteiger partial charge >= 0.3 is 0 Å². The zero-order chi connectivity index (χ0) is 25.2. The highest BCUT2D eigenvalue weighted by atomic mass is 16.5. The second-order valence-corrected chi connectivity index (χ2v) is 11.4. The van der Waals surface area contributed by atoms with Crippen molar-refractivity contribution in [3.05, 3.63) is 101 Å². The molecule has 1 aliphatic heterocycles. The van der Waals surface area contributed by atoms with Crippen LogP contribution in [-0.2, 0) is 10.8 Å². The van der Waals surface area contributed by atoms with E-state index in [0.717, 1.165) is 23.6 Å². The number of hydrogen-bond donors (Lipinski definition) is 0. The van der Waals surface area contributed by atoms with Crippen LogP contribution in [0.15, 0.2) is 84.0 Å². The van der Waals surface area contributed by atoms with Gasteiger partial charge in [-0.15, -0.1) is 0 Å². The number of benzene rings is 3. The smallest absolute Gasteiger partial charge is 0.119 e. The number of methoxy groups -OCH3 is 1. The molecule has 3 nitrogen and oxygen atoms in total. The minimum atomic E-state index is 0.136. The maximum absolute atomic E-state index is 5.36. The number of ether oxygens (including phenoxy) is 1. The van der Waals surface area contributed by atoms with Crippen molar-refractivity contribution in [1.29, 1.82) is 0 Å². The molecule has 0 amide bonds. The molecule has 0 saturated heterocycles. The fraction of sp³-hybridized carbons (Fsp3) is 0.344. The van der Waals surface area contributed by atoms with Crippen LogP contribution in [0.2, 0.25) is 0 Å². The van der Waals surface area contributed by atoms with Gasteiger partial charge in [0.1, 0.15) is 5.75 Å². The highest BCUT2D eigenvalue weighted by Crippen LogP contribution is 2.37. The molecule has 3 heteroatoms. The Morgan fingerprint density at radius 3 is 1.80 bits per heavy atom. The Hall–Kier alpha value is -3.33. The molecule has 182 valence electrons. The van der Waals surface area contributed by atoms with Crippen LogP contribution in [0.1, 0.15) is 76.3 Å². The predicted molar refractivity (Wildman–Crippen MR) is 150 cm³/mol. The van der Waals surface area contributed by atoms with E-state index < -0.39 is 0 Å². The van der Waals surface area contributed by atoms with Gasteiger partial charge in [0.2, 0.25) is 0 Å². The van der Waals surface area contributed by atoms with Gasteiger partial charge in [-0.25, -0.2) is 0 Å². The molecule has 1 atom stereocenters. The lowest BCUT2D eigenvalue weighted by molar-refractivity contribution is 0.415. The summed E-state index contributed by atoms with van der Waals surface area (Å²) < 4.78 is 5.36. The number of nitrogens with zero attached hydrogens (tertiary/aromatic N) is 2. The number of allylic oxidation sites excluding steroid dienone is 1. The molecular weight excluding hydrogens is 428 g/mol. The summed E-state index contributed by atoms with van der Waals surface area (Å²) in [4.78, 5) is 0. The van der Waals surface area contributed by atoms with Crippen LogP contribution in [0.4, 0.5) is 5.69 Å². The molecule has 0 radical (unpaired) electrons. The Balaban J connectivity index is 1.61. The highest BCUT2D eigenvalue weighted by Gasteiger charge is 2.28. The molecule has 35 heavy (non-hydrogen) atoms. The van der Waals surface area contributed by atoms with E-state index in [9.17, 15) is 0 Å². The van der Waals surface area contributed by atoms with Gasteiger partial charge < -0.3 is 4.74 Å². The minimum absolute atomic E-state index is 0.136. The second kappa shape index (κ2) is 9.73. The van der Waals surface area contributed by atoms with Gasteiger partial charge in [-0.05, 0) is 63.4 Å². The fourth-order valence-corrected chi connectivity index (χ4v) is 4.36. The fourth-order valence-electron chi connectivity index (χ4n) is 4.36. The average molecular weight is 467 g/mol. The summed E-state index contributed by atoms with van der Waals surface area (Å²) in [5.74, 6) is 0.849. The molecule has 3 aromatic carbocycles. The van der Waals surface area contributed by atoms with Gasteiger partial charge in [-0.2, -0.15) is 5.10 Å². The predicted octanol–water partition coefficient (Wildman–Crippen LogP) is 8.31. The zero-order valence-electron chi connectivity index (χ0n) is 22.2. The van der Waals surface area contributed by atoms with Crippen molar-refractivity contribution < 1.29 is 4.74 Å². The third-order valence-electron chi connectivity index (χ3n) is 6.68. The maximum atomic E-state index is 5.36. The standard InChI is InChI=1S/C32H38N2O/c1-31(2,3)25-13-8-23(9-14-25)10-17-27-22-30(24-11-15-26(16-12-24)32(4,5)6)34(33-27)28-18-20-29(35-7)21-19-28/h8-21,30H,22H2,1-7H3.